The first-order valence-corrected chi connectivity index (χ1v) is 10.9. The van der Waals surface area contributed by atoms with Gasteiger partial charge in [-0.15, -0.1) is 12.4 Å². The topological polar surface area (TPSA) is 30.5 Å². The summed E-state index contributed by atoms with van der Waals surface area (Å²) >= 11 is 15.7. The van der Waals surface area contributed by atoms with Crippen molar-refractivity contribution < 1.29 is 13.9 Å². The summed E-state index contributed by atoms with van der Waals surface area (Å²) in [6, 6.07) is 15.7. The van der Waals surface area contributed by atoms with Crippen molar-refractivity contribution in [2.75, 3.05) is 13.7 Å². The second-order valence-corrected chi connectivity index (χ2v) is 8.38. The van der Waals surface area contributed by atoms with E-state index in [2.05, 4.69) is 21.2 Å². The highest BCUT2D eigenvalue weighted by molar-refractivity contribution is 9.10. The Hall–Kier alpha value is -1.50. The van der Waals surface area contributed by atoms with Crippen LogP contribution in [0.3, 0.4) is 0 Å². The molecule has 166 valence electrons. The van der Waals surface area contributed by atoms with E-state index in [1.54, 1.807) is 25.3 Å². The lowest BCUT2D eigenvalue weighted by Gasteiger charge is -2.15. The first-order chi connectivity index (χ1) is 14.5. The molecule has 0 saturated carbocycles. The summed E-state index contributed by atoms with van der Waals surface area (Å²) in [4.78, 5) is 0. The lowest BCUT2D eigenvalue weighted by atomic mass is 10.1. The molecule has 0 aliphatic carbocycles. The molecule has 1 N–H and O–H groups in total. The van der Waals surface area contributed by atoms with Crippen LogP contribution in [-0.2, 0) is 19.6 Å². The molecule has 0 radical (unpaired) electrons. The molecule has 0 bridgehead atoms. The molecular formula is C23H22BrCl3FNO2. The van der Waals surface area contributed by atoms with Crippen molar-refractivity contribution in [1.29, 1.82) is 0 Å². The summed E-state index contributed by atoms with van der Waals surface area (Å²) in [6.07, 6.45) is 0.799. The van der Waals surface area contributed by atoms with Gasteiger partial charge in [0.2, 0.25) is 0 Å². The van der Waals surface area contributed by atoms with Crippen molar-refractivity contribution in [3.63, 3.8) is 0 Å². The summed E-state index contributed by atoms with van der Waals surface area (Å²) in [5.74, 6) is 0.968. The SMILES string of the molecule is COc1cc(CNCCc2ccc(Cl)cc2Cl)cc(Br)c1OCc1ccc(F)cc1.Cl. The van der Waals surface area contributed by atoms with Crippen LogP contribution in [0.25, 0.3) is 0 Å². The molecule has 3 rings (SSSR count). The van der Waals surface area contributed by atoms with E-state index in [1.165, 1.54) is 12.1 Å². The van der Waals surface area contributed by atoms with Gasteiger partial charge in [-0.2, -0.15) is 0 Å². The maximum absolute atomic E-state index is 13.1. The summed E-state index contributed by atoms with van der Waals surface area (Å²) in [6.45, 7) is 1.75. The van der Waals surface area contributed by atoms with Crippen LogP contribution in [0.15, 0.2) is 59.1 Å². The first kappa shape index (κ1) is 25.8. The molecule has 8 heteroatoms. The Morgan fingerprint density at radius 1 is 1.00 bits per heavy atom. The van der Waals surface area contributed by atoms with Crippen LogP contribution >= 0.6 is 51.5 Å². The predicted molar refractivity (Wildman–Crippen MR) is 131 cm³/mol. The zero-order valence-corrected chi connectivity index (χ0v) is 20.7. The van der Waals surface area contributed by atoms with Crippen molar-refractivity contribution in [2.24, 2.45) is 0 Å². The minimum atomic E-state index is -0.271. The van der Waals surface area contributed by atoms with Crippen LogP contribution < -0.4 is 14.8 Å². The highest BCUT2D eigenvalue weighted by Gasteiger charge is 2.12. The standard InChI is InChI=1S/C23H21BrCl2FNO2.ClH/c1-29-22-11-16(13-28-9-8-17-4-5-18(25)12-21(17)26)10-20(24)23(22)30-14-15-2-6-19(27)7-3-15;/h2-7,10-12,28H,8-9,13-14H2,1H3;1H. The minimum Gasteiger partial charge on any atom is -0.493 e. The third kappa shape index (κ3) is 7.55. The zero-order chi connectivity index (χ0) is 21.5. The van der Waals surface area contributed by atoms with Crippen molar-refractivity contribution in [3.8, 4) is 11.5 Å². The van der Waals surface area contributed by atoms with E-state index in [0.717, 1.165) is 34.1 Å². The van der Waals surface area contributed by atoms with Crippen molar-refractivity contribution in [1.82, 2.24) is 5.32 Å². The van der Waals surface area contributed by atoms with Crippen LogP contribution in [0.2, 0.25) is 10.0 Å². The van der Waals surface area contributed by atoms with Gasteiger partial charge in [-0.3, -0.25) is 0 Å². The number of methoxy groups -OCH3 is 1. The van der Waals surface area contributed by atoms with E-state index in [1.807, 2.05) is 24.3 Å². The Bertz CT molecular complexity index is 1000. The van der Waals surface area contributed by atoms with Crippen molar-refractivity contribution >= 4 is 51.5 Å². The Morgan fingerprint density at radius 3 is 2.42 bits per heavy atom. The monoisotopic (exact) mass is 547 g/mol. The number of hydrogen-bond donors (Lipinski definition) is 1. The van der Waals surface area contributed by atoms with E-state index in [9.17, 15) is 4.39 Å². The largest absolute Gasteiger partial charge is 0.493 e. The molecule has 3 nitrogen and oxygen atoms in total. The molecule has 3 aromatic carbocycles. The average molecular weight is 550 g/mol. The Morgan fingerprint density at radius 2 is 1.74 bits per heavy atom. The van der Waals surface area contributed by atoms with Gasteiger partial charge in [-0.05, 0) is 82.0 Å². The lowest BCUT2D eigenvalue weighted by Crippen LogP contribution is -2.17. The number of nitrogens with one attached hydrogen (secondary N) is 1. The van der Waals surface area contributed by atoms with E-state index >= 15 is 0 Å². The summed E-state index contributed by atoms with van der Waals surface area (Å²) in [7, 11) is 1.60. The number of hydrogen-bond acceptors (Lipinski definition) is 3. The quantitative estimate of drug-likeness (QED) is 0.286. The third-order valence-electron chi connectivity index (χ3n) is 4.50. The molecule has 0 fully saturated rings. The molecule has 0 spiro atoms. The maximum atomic E-state index is 13.1. The van der Waals surface area contributed by atoms with Crippen LogP contribution in [0.5, 0.6) is 11.5 Å². The van der Waals surface area contributed by atoms with Gasteiger partial charge in [0.25, 0.3) is 0 Å². The van der Waals surface area contributed by atoms with E-state index in [4.69, 9.17) is 32.7 Å². The molecule has 3 aromatic rings. The number of benzene rings is 3. The predicted octanol–water partition coefficient (Wildman–Crippen LogP) is 7.24. The number of ether oxygens (including phenoxy) is 2. The van der Waals surface area contributed by atoms with Crippen molar-refractivity contribution in [3.05, 3.63) is 91.6 Å². The van der Waals surface area contributed by atoms with Crippen LogP contribution in [0.1, 0.15) is 16.7 Å². The minimum absolute atomic E-state index is 0. The average Bonchev–Trinajstić information content (AvgIpc) is 2.72. The van der Waals surface area contributed by atoms with Gasteiger partial charge in [0, 0.05) is 16.6 Å². The molecule has 0 saturated heterocycles. The molecule has 0 aliphatic rings. The Balaban J connectivity index is 0.00000341. The molecule has 0 atom stereocenters. The highest BCUT2D eigenvalue weighted by atomic mass is 79.9. The smallest absolute Gasteiger partial charge is 0.175 e. The Kier molecular flexibility index (Phi) is 10.4. The molecule has 0 aromatic heterocycles. The fraction of sp³-hybridized carbons (Fsp3) is 0.217. The van der Waals surface area contributed by atoms with Gasteiger partial charge in [-0.25, -0.2) is 4.39 Å². The summed E-state index contributed by atoms with van der Waals surface area (Å²) in [5, 5.41) is 4.72. The normalized spacial score (nSPS) is 10.5. The molecule has 0 amide bonds. The van der Waals surface area contributed by atoms with E-state index in [0.29, 0.717) is 34.7 Å². The maximum Gasteiger partial charge on any atom is 0.175 e. The molecule has 0 unspecified atom stereocenters. The van der Waals surface area contributed by atoms with Gasteiger partial charge in [0.15, 0.2) is 11.5 Å². The summed E-state index contributed by atoms with van der Waals surface area (Å²) < 4.78 is 25.3. The number of halogens is 5. The van der Waals surface area contributed by atoms with Gasteiger partial charge < -0.3 is 14.8 Å². The highest BCUT2D eigenvalue weighted by Crippen LogP contribution is 2.37. The van der Waals surface area contributed by atoms with E-state index in [-0.39, 0.29) is 18.2 Å². The fourth-order valence-electron chi connectivity index (χ4n) is 2.93. The van der Waals surface area contributed by atoms with Crippen LogP contribution in [0, 0.1) is 5.82 Å². The summed E-state index contributed by atoms with van der Waals surface area (Å²) in [5.41, 5.74) is 2.98. The van der Waals surface area contributed by atoms with Crippen LogP contribution in [0.4, 0.5) is 4.39 Å². The second-order valence-electron chi connectivity index (χ2n) is 6.69. The second kappa shape index (κ2) is 12.5. The fourth-order valence-corrected chi connectivity index (χ4v) is 4.04. The lowest BCUT2D eigenvalue weighted by molar-refractivity contribution is 0.282. The van der Waals surface area contributed by atoms with Gasteiger partial charge in [-0.1, -0.05) is 41.4 Å². The first-order valence-electron chi connectivity index (χ1n) is 9.34. The van der Waals surface area contributed by atoms with E-state index < -0.39 is 0 Å². The van der Waals surface area contributed by atoms with Gasteiger partial charge >= 0.3 is 0 Å². The zero-order valence-electron chi connectivity index (χ0n) is 16.8. The Labute approximate surface area is 206 Å². The van der Waals surface area contributed by atoms with Crippen LogP contribution in [-0.4, -0.2) is 13.7 Å². The molecule has 0 aliphatic heterocycles. The third-order valence-corrected chi connectivity index (χ3v) is 5.68. The van der Waals surface area contributed by atoms with Gasteiger partial charge in [0.05, 0.1) is 11.6 Å². The van der Waals surface area contributed by atoms with Gasteiger partial charge in [0.1, 0.15) is 12.4 Å². The van der Waals surface area contributed by atoms with Crippen molar-refractivity contribution in [2.45, 2.75) is 19.6 Å². The molecule has 0 heterocycles. The molecule has 31 heavy (non-hydrogen) atoms. The molecular weight excluding hydrogens is 528 g/mol. The number of rotatable bonds is 9.